The summed E-state index contributed by atoms with van der Waals surface area (Å²) < 4.78 is 0. The van der Waals surface area contributed by atoms with Crippen molar-refractivity contribution in [2.75, 3.05) is 0 Å². The van der Waals surface area contributed by atoms with Gasteiger partial charge in [-0.1, -0.05) is 13.8 Å². The van der Waals surface area contributed by atoms with E-state index in [2.05, 4.69) is 18.8 Å². The van der Waals surface area contributed by atoms with Crippen LogP contribution in [-0.2, 0) is 11.2 Å². The highest BCUT2D eigenvalue weighted by atomic mass is 16.1. The van der Waals surface area contributed by atoms with Crippen LogP contribution in [0.3, 0.4) is 0 Å². The first kappa shape index (κ1) is 10.9. The summed E-state index contributed by atoms with van der Waals surface area (Å²) in [5.41, 5.74) is 2.20. The molecule has 0 fully saturated rings. The highest BCUT2D eigenvalue weighted by molar-refractivity contribution is 5.81. The van der Waals surface area contributed by atoms with Crippen LogP contribution in [0.25, 0.3) is 0 Å². The Morgan fingerprint density at radius 2 is 2.21 bits per heavy atom. The first-order chi connectivity index (χ1) is 6.59. The van der Waals surface area contributed by atoms with E-state index in [1.54, 1.807) is 12.4 Å². The molecule has 2 nitrogen and oxygen atoms in total. The van der Waals surface area contributed by atoms with Gasteiger partial charge in [-0.2, -0.15) is 0 Å². The molecule has 14 heavy (non-hydrogen) atoms. The number of carbonyl (C=O) groups excluding carboxylic acids is 1. The van der Waals surface area contributed by atoms with Crippen LogP contribution in [0.1, 0.15) is 31.4 Å². The zero-order valence-corrected chi connectivity index (χ0v) is 9.08. The molecule has 0 unspecified atom stereocenters. The number of hydrogen-bond acceptors (Lipinski definition) is 2. The van der Waals surface area contributed by atoms with Crippen molar-refractivity contribution < 1.29 is 4.79 Å². The van der Waals surface area contributed by atoms with E-state index in [1.165, 1.54) is 0 Å². The summed E-state index contributed by atoms with van der Waals surface area (Å²) in [6, 6.07) is 1.94. The van der Waals surface area contributed by atoms with Crippen molar-refractivity contribution in [2.24, 2.45) is 5.92 Å². The summed E-state index contributed by atoms with van der Waals surface area (Å²) in [5, 5.41) is 0. The molecule has 0 saturated heterocycles. The molecule has 0 aliphatic carbocycles. The minimum atomic E-state index is 0.302. The van der Waals surface area contributed by atoms with Crippen molar-refractivity contribution >= 4 is 5.78 Å². The fourth-order valence-corrected chi connectivity index (χ4v) is 1.42. The second-order valence-electron chi connectivity index (χ2n) is 4.12. The molecule has 0 aliphatic rings. The summed E-state index contributed by atoms with van der Waals surface area (Å²) in [7, 11) is 0. The summed E-state index contributed by atoms with van der Waals surface area (Å²) >= 11 is 0. The molecule has 0 bridgehead atoms. The lowest BCUT2D eigenvalue weighted by Gasteiger charge is -2.05. The van der Waals surface area contributed by atoms with Crippen molar-refractivity contribution in [1.82, 2.24) is 4.98 Å². The van der Waals surface area contributed by atoms with Crippen LogP contribution in [0.2, 0.25) is 0 Å². The predicted molar refractivity (Wildman–Crippen MR) is 57.1 cm³/mol. The van der Waals surface area contributed by atoms with Crippen LogP contribution in [0.5, 0.6) is 0 Å². The molecule has 1 aromatic rings. The standard InChI is InChI=1S/C12H17NO/c1-9(2)6-12(14)7-11-8-13-5-4-10(11)3/h4-5,8-9H,6-7H2,1-3H3. The van der Waals surface area contributed by atoms with Crippen molar-refractivity contribution in [3.05, 3.63) is 29.6 Å². The van der Waals surface area contributed by atoms with E-state index in [-0.39, 0.29) is 0 Å². The molecule has 0 amide bonds. The Kier molecular flexibility index (Phi) is 3.81. The van der Waals surface area contributed by atoms with Gasteiger partial charge in [0.15, 0.2) is 0 Å². The number of ketones is 1. The molecule has 0 saturated carbocycles. The molecule has 0 spiro atoms. The first-order valence-electron chi connectivity index (χ1n) is 5.00. The minimum Gasteiger partial charge on any atom is -0.299 e. The molecule has 0 atom stereocenters. The third-order valence-electron chi connectivity index (χ3n) is 2.17. The van der Waals surface area contributed by atoms with Crippen molar-refractivity contribution in [3.63, 3.8) is 0 Å². The smallest absolute Gasteiger partial charge is 0.137 e. The largest absolute Gasteiger partial charge is 0.299 e. The van der Waals surface area contributed by atoms with Gasteiger partial charge in [-0.15, -0.1) is 0 Å². The molecule has 0 aliphatic heterocycles. The van der Waals surface area contributed by atoms with Gasteiger partial charge in [-0.3, -0.25) is 9.78 Å². The van der Waals surface area contributed by atoms with Crippen LogP contribution in [0.4, 0.5) is 0 Å². The van der Waals surface area contributed by atoms with Crippen molar-refractivity contribution in [2.45, 2.75) is 33.6 Å². The number of carbonyl (C=O) groups is 1. The number of Topliss-reactive ketones (excluding diaryl/α,β-unsaturated/α-hetero) is 1. The van der Waals surface area contributed by atoms with Crippen LogP contribution < -0.4 is 0 Å². The lowest BCUT2D eigenvalue weighted by molar-refractivity contribution is -0.119. The maximum absolute atomic E-state index is 11.5. The quantitative estimate of drug-likeness (QED) is 0.732. The number of rotatable bonds is 4. The van der Waals surface area contributed by atoms with E-state index < -0.39 is 0 Å². The Hall–Kier alpha value is -1.18. The van der Waals surface area contributed by atoms with E-state index in [4.69, 9.17) is 0 Å². The zero-order chi connectivity index (χ0) is 10.6. The van der Waals surface area contributed by atoms with Crippen LogP contribution in [0, 0.1) is 12.8 Å². The first-order valence-corrected chi connectivity index (χ1v) is 5.00. The Bertz CT molecular complexity index is 318. The highest BCUT2D eigenvalue weighted by Crippen LogP contribution is 2.09. The average Bonchev–Trinajstić information content (AvgIpc) is 2.07. The predicted octanol–water partition coefficient (Wildman–Crippen LogP) is 2.55. The minimum absolute atomic E-state index is 0.302. The summed E-state index contributed by atoms with van der Waals surface area (Å²) in [6.07, 6.45) is 4.73. The van der Waals surface area contributed by atoms with E-state index in [1.807, 2.05) is 13.0 Å². The Morgan fingerprint density at radius 3 is 2.79 bits per heavy atom. The van der Waals surface area contributed by atoms with Gasteiger partial charge in [0.2, 0.25) is 0 Å². The molecule has 1 heterocycles. The molecule has 1 rings (SSSR count). The van der Waals surface area contributed by atoms with Gasteiger partial charge in [0.05, 0.1) is 0 Å². The molecular weight excluding hydrogens is 174 g/mol. The van der Waals surface area contributed by atoms with Gasteiger partial charge in [0.1, 0.15) is 5.78 Å². The number of aryl methyl sites for hydroxylation is 1. The van der Waals surface area contributed by atoms with Gasteiger partial charge in [-0.25, -0.2) is 0 Å². The molecule has 1 aromatic heterocycles. The van der Waals surface area contributed by atoms with E-state index >= 15 is 0 Å². The third kappa shape index (κ3) is 3.29. The van der Waals surface area contributed by atoms with Crippen LogP contribution in [0.15, 0.2) is 18.5 Å². The lowest BCUT2D eigenvalue weighted by Crippen LogP contribution is -2.07. The number of nitrogens with zero attached hydrogens (tertiary/aromatic N) is 1. The second-order valence-corrected chi connectivity index (χ2v) is 4.12. The van der Waals surface area contributed by atoms with Gasteiger partial charge >= 0.3 is 0 Å². The monoisotopic (exact) mass is 191 g/mol. The van der Waals surface area contributed by atoms with Crippen molar-refractivity contribution in [3.8, 4) is 0 Å². The topological polar surface area (TPSA) is 30.0 Å². The SMILES string of the molecule is Cc1ccncc1CC(=O)CC(C)C. The maximum Gasteiger partial charge on any atom is 0.137 e. The summed E-state index contributed by atoms with van der Waals surface area (Å²) in [5.74, 6) is 0.746. The Labute approximate surface area is 85.4 Å². The third-order valence-corrected chi connectivity index (χ3v) is 2.17. The van der Waals surface area contributed by atoms with Gasteiger partial charge < -0.3 is 0 Å². The molecule has 0 aromatic carbocycles. The van der Waals surface area contributed by atoms with E-state index in [9.17, 15) is 4.79 Å². The fourth-order valence-electron chi connectivity index (χ4n) is 1.42. The number of hydrogen-bond donors (Lipinski definition) is 0. The molecule has 76 valence electrons. The lowest BCUT2D eigenvalue weighted by atomic mass is 10.00. The second kappa shape index (κ2) is 4.89. The van der Waals surface area contributed by atoms with Gasteiger partial charge in [-0.05, 0) is 30.0 Å². The van der Waals surface area contributed by atoms with E-state index in [0.29, 0.717) is 24.5 Å². The van der Waals surface area contributed by atoms with Crippen LogP contribution >= 0.6 is 0 Å². The van der Waals surface area contributed by atoms with E-state index in [0.717, 1.165) is 11.1 Å². The highest BCUT2D eigenvalue weighted by Gasteiger charge is 2.07. The molecule has 0 radical (unpaired) electrons. The molecule has 2 heteroatoms. The van der Waals surface area contributed by atoms with Gasteiger partial charge in [0.25, 0.3) is 0 Å². The van der Waals surface area contributed by atoms with Gasteiger partial charge in [0, 0.05) is 25.2 Å². The van der Waals surface area contributed by atoms with Crippen molar-refractivity contribution in [1.29, 1.82) is 0 Å². The number of pyridine rings is 1. The maximum atomic E-state index is 11.5. The summed E-state index contributed by atoms with van der Waals surface area (Å²) in [6.45, 7) is 6.14. The molecule has 0 N–H and O–H groups in total. The zero-order valence-electron chi connectivity index (χ0n) is 9.08. The normalized spacial score (nSPS) is 10.6. The molecular formula is C12H17NO. The van der Waals surface area contributed by atoms with Crippen LogP contribution in [-0.4, -0.2) is 10.8 Å². The average molecular weight is 191 g/mol. The fraction of sp³-hybridized carbons (Fsp3) is 0.500. The summed E-state index contributed by atoms with van der Waals surface area (Å²) in [4.78, 5) is 15.6. The number of aromatic nitrogens is 1. The Morgan fingerprint density at radius 1 is 1.50 bits per heavy atom. The Balaban J connectivity index is 2.61.